The Bertz CT molecular complexity index is 388. The molecule has 1 atom stereocenters. The molecule has 1 heterocycles. The summed E-state index contributed by atoms with van der Waals surface area (Å²) in [6, 6.07) is 2.29. The number of nitrogens with zero attached hydrogens (tertiary/aromatic N) is 1. The molecule has 1 aromatic rings. The van der Waals surface area contributed by atoms with Crippen molar-refractivity contribution in [2.45, 2.75) is 51.5 Å². The highest BCUT2D eigenvalue weighted by Gasteiger charge is 2.39. The zero-order valence-corrected chi connectivity index (χ0v) is 11.7. The van der Waals surface area contributed by atoms with E-state index in [1.807, 2.05) is 6.07 Å². The van der Waals surface area contributed by atoms with Gasteiger partial charge < -0.3 is 0 Å². The lowest BCUT2D eigenvalue weighted by molar-refractivity contribution is 0.185. The van der Waals surface area contributed by atoms with Gasteiger partial charge in [-0.3, -0.25) is 16.3 Å². The third-order valence-corrected chi connectivity index (χ3v) is 4.86. The number of aromatic nitrogens is 1. The van der Waals surface area contributed by atoms with Crippen molar-refractivity contribution in [3.8, 4) is 0 Å². The van der Waals surface area contributed by atoms with Crippen LogP contribution in [-0.2, 0) is 6.42 Å². The van der Waals surface area contributed by atoms with Gasteiger partial charge in [0.15, 0.2) is 0 Å². The van der Waals surface area contributed by atoms with E-state index in [1.165, 1.54) is 32.1 Å². The molecule has 1 unspecified atom stereocenters. The number of halogens is 1. The first kappa shape index (κ1) is 13.8. The Kier molecular flexibility index (Phi) is 4.60. The molecule has 1 saturated carbocycles. The zero-order valence-electron chi connectivity index (χ0n) is 11.0. The molecule has 3 N–H and O–H groups in total. The average molecular weight is 268 g/mol. The lowest BCUT2D eigenvalue weighted by atomic mass is 9.74. The SMILES string of the molecule is CCC1(C(Cc2ccncc2Cl)NN)CCCC1. The van der Waals surface area contributed by atoms with Crippen LogP contribution in [0.1, 0.15) is 44.6 Å². The predicted molar refractivity (Wildman–Crippen MR) is 75.3 cm³/mol. The molecular weight excluding hydrogens is 246 g/mol. The highest BCUT2D eigenvalue weighted by atomic mass is 35.5. The van der Waals surface area contributed by atoms with Gasteiger partial charge in [0.1, 0.15) is 0 Å². The Morgan fingerprint density at radius 2 is 2.22 bits per heavy atom. The summed E-state index contributed by atoms with van der Waals surface area (Å²) >= 11 is 6.19. The number of rotatable bonds is 5. The molecule has 1 aliphatic carbocycles. The number of hydrogen-bond acceptors (Lipinski definition) is 3. The summed E-state index contributed by atoms with van der Waals surface area (Å²) in [5, 5.41) is 0.738. The molecule has 100 valence electrons. The molecule has 18 heavy (non-hydrogen) atoms. The molecule has 0 aliphatic heterocycles. The van der Waals surface area contributed by atoms with Crippen LogP contribution in [0.2, 0.25) is 5.02 Å². The molecule has 4 heteroatoms. The summed E-state index contributed by atoms with van der Waals surface area (Å²) in [5.74, 6) is 5.80. The molecule has 1 aliphatic rings. The fourth-order valence-corrected chi connectivity index (χ4v) is 3.47. The normalized spacial score (nSPS) is 19.9. The summed E-state index contributed by atoms with van der Waals surface area (Å²) in [4.78, 5) is 4.03. The van der Waals surface area contributed by atoms with Crippen molar-refractivity contribution >= 4 is 11.6 Å². The predicted octanol–water partition coefficient (Wildman–Crippen LogP) is 3.08. The molecule has 0 spiro atoms. The molecule has 0 amide bonds. The second-order valence-electron chi connectivity index (χ2n) is 5.31. The quantitative estimate of drug-likeness (QED) is 0.637. The Balaban J connectivity index is 2.16. The van der Waals surface area contributed by atoms with E-state index in [-0.39, 0.29) is 0 Å². The fraction of sp³-hybridized carbons (Fsp3) is 0.643. The smallest absolute Gasteiger partial charge is 0.0621 e. The number of nitrogens with one attached hydrogen (secondary N) is 1. The van der Waals surface area contributed by atoms with E-state index >= 15 is 0 Å². The van der Waals surface area contributed by atoms with Gasteiger partial charge in [0.05, 0.1) is 5.02 Å². The second kappa shape index (κ2) is 6.00. The molecule has 1 aromatic heterocycles. The van der Waals surface area contributed by atoms with Crippen LogP contribution in [0.15, 0.2) is 18.5 Å². The average Bonchev–Trinajstić information content (AvgIpc) is 2.88. The molecule has 0 bridgehead atoms. The third-order valence-electron chi connectivity index (χ3n) is 4.52. The van der Waals surface area contributed by atoms with Crippen LogP contribution in [0.4, 0.5) is 0 Å². The fourth-order valence-electron chi connectivity index (χ4n) is 3.27. The standard InChI is InChI=1S/C14H22ClN3/c1-2-14(6-3-4-7-14)13(18-16)9-11-5-8-17-10-12(11)15/h5,8,10,13,18H,2-4,6-7,9,16H2,1H3. The largest absolute Gasteiger partial charge is 0.271 e. The van der Waals surface area contributed by atoms with Crippen molar-refractivity contribution in [1.29, 1.82) is 0 Å². The van der Waals surface area contributed by atoms with Gasteiger partial charge in [-0.1, -0.05) is 31.4 Å². The summed E-state index contributed by atoms with van der Waals surface area (Å²) in [6.07, 6.45) is 10.7. The van der Waals surface area contributed by atoms with E-state index in [4.69, 9.17) is 17.4 Å². The van der Waals surface area contributed by atoms with Crippen molar-refractivity contribution in [2.24, 2.45) is 11.3 Å². The maximum absolute atomic E-state index is 6.19. The van der Waals surface area contributed by atoms with Gasteiger partial charge in [-0.15, -0.1) is 0 Å². The van der Waals surface area contributed by atoms with Gasteiger partial charge in [0.25, 0.3) is 0 Å². The van der Waals surface area contributed by atoms with E-state index in [9.17, 15) is 0 Å². The molecule has 0 aromatic carbocycles. The van der Waals surface area contributed by atoms with Crippen molar-refractivity contribution in [3.05, 3.63) is 29.0 Å². The minimum atomic E-state index is 0.296. The van der Waals surface area contributed by atoms with Gasteiger partial charge in [-0.2, -0.15) is 0 Å². The molecular formula is C14H22ClN3. The van der Waals surface area contributed by atoms with Crippen molar-refractivity contribution in [3.63, 3.8) is 0 Å². The maximum atomic E-state index is 6.19. The second-order valence-corrected chi connectivity index (χ2v) is 5.72. The Morgan fingerprint density at radius 1 is 1.50 bits per heavy atom. The van der Waals surface area contributed by atoms with Gasteiger partial charge >= 0.3 is 0 Å². The minimum Gasteiger partial charge on any atom is -0.271 e. The van der Waals surface area contributed by atoms with Crippen LogP contribution in [0.5, 0.6) is 0 Å². The van der Waals surface area contributed by atoms with Gasteiger partial charge in [-0.05, 0) is 42.7 Å². The maximum Gasteiger partial charge on any atom is 0.0621 e. The van der Waals surface area contributed by atoms with Crippen LogP contribution < -0.4 is 11.3 Å². The van der Waals surface area contributed by atoms with Crippen molar-refractivity contribution in [2.75, 3.05) is 0 Å². The van der Waals surface area contributed by atoms with Gasteiger partial charge in [0, 0.05) is 18.4 Å². The van der Waals surface area contributed by atoms with E-state index in [0.29, 0.717) is 11.5 Å². The first-order valence-corrected chi connectivity index (χ1v) is 7.14. The monoisotopic (exact) mass is 267 g/mol. The summed E-state index contributed by atoms with van der Waals surface area (Å²) in [5.41, 5.74) is 4.50. The summed E-state index contributed by atoms with van der Waals surface area (Å²) in [7, 11) is 0. The molecule has 2 rings (SSSR count). The Labute approximate surface area is 114 Å². The van der Waals surface area contributed by atoms with E-state index in [1.54, 1.807) is 12.4 Å². The van der Waals surface area contributed by atoms with Crippen LogP contribution in [0, 0.1) is 5.41 Å². The molecule has 3 nitrogen and oxygen atoms in total. The number of nitrogens with two attached hydrogens (primary N) is 1. The van der Waals surface area contributed by atoms with E-state index in [0.717, 1.165) is 17.0 Å². The van der Waals surface area contributed by atoms with E-state index < -0.39 is 0 Å². The number of hydrogen-bond donors (Lipinski definition) is 2. The Morgan fingerprint density at radius 3 is 2.78 bits per heavy atom. The van der Waals surface area contributed by atoms with Crippen LogP contribution >= 0.6 is 11.6 Å². The zero-order chi connectivity index (χ0) is 13.0. The first-order valence-electron chi connectivity index (χ1n) is 6.76. The lowest BCUT2D eigenvalue weighted by Crippen LogP contribution is -2.48. The number of hydrazine groups is 1. The van der Waals surface area contributed by atoms with Crippen molar-refractivity contribution in [1.82, 2.24) is 10.4 Å². The van der Waals surface area contributed by atoms with Gasteiger partial charge in [0.2, 0.25) is 0 Å². The topological polar surface area (TPSA) is 50.9 Å². The molecule has 1 fully saturated rings. The minimum absolute atomic E-state index is 0.296. The highest BCUT2D eigenvalue weighted by Crippen LogP contribution is 2.44. The van der Waals surface area contributed by atoms with Crippen molar-refractivity contribution < 1.29 is 0 Å². The molecule has 0 radical (unpaired) electrons. The van der Waals surface area contributed by atoms with Crippen LogP contribution in [-0.4, -0.2) is 11.0 Å². The van der Waals surface area contributed by atoms with Crippen LogP contribution in [0.3, 0.4) is 0 Å². The Hall–Kier alpha value is -0.640. The summed E-state index contributed by atoms with van der Waals surface area (Å²) < 4.78 is 0. The summed E-state index contributed by atoms with van der Waals surface area (Å²) in [6.45, 7) is 2.27. The molecule has 0 saturated heterocycles. The third kappa shape index (κ3) is 2.68. The first-order chi connectivity index (χ1) is 8.72. The lowest BCUT2D eigenvalue weighted by Gasteiger charge is -2.36. The van der Waals surface area contributed by atoms with Gasteiger partial charge in [-0.25, -0.2) is 0 Å². The van der Waals surface area contributed by atoms with Crippen LogP contribution in [0.25, 0.3) is 0 Å². The number of pyridine rings is 1. The van der Waals surface area contributed by atoms with E-state index in [2.05, 4.69) is 17.3 Å². The highest BCUT2D eigenvalue weighted by molar-refractivity contribution is 6.31.